The van der Waals surface area contributed by atoms with E-state index in [0.717, 1.165) is 75.6 Å². The summed E-state index contributed by atoms with van der Waals surface area (Å²) in [5, 5.41) is 11.4. The standard InChI is InChI=1S/C27H32ClF3N4O2/c28-25-24(32-11-17-14-37-13-16-9-21(16)17)12-33-35(26(25)36)20-6-4-19(5-7-20)34-23-8-3-18(27(29,30)31)10-22(23)15-1-2-15/h3,8,10,12,15-17,19-21,32,34H,1-2,4-7,9,11,13-14H2/t16-,17+,19?,20?,21-/m1/s1. The minimum atomic E-state index is -4.34. The van der Waals surface area contributed by atoms with E-state index < -0.39 is 11.7 Å². The molecule has 0 amide bonds. The molecule has 1 saturated heterocycles. The molecular weight excluding hydrogens is 505 g/mol. The molecule has 1 aromatic heterocycles. The van der Waals surface area contributed by atoms with Crippen LogP contribution >= 0.6 is 11.6 Å². The molecule has 37 heavy (non-hydrogen) atoms. The topological polar surface area (TPSA) is 68.2 Å². The van der Waals surface area contributed by atoms with E-state index in [0.29, 0.717) is 23.4 Å². The highest BCUT2D eigenvalue weighted by molar-refractivity contribution is 6.32. The van der Waals surface area contributed by atoms with Crippen LogP contribution in [0.1, 0.15) is 68.0 Å². The van der Waals surface area contributed by atoms with Gasteiger partial charge in [0.2, 0.25) is 0 Å². The smallest absolute Gasteiger partial charge is 0.382 e. The second-order valence-corrected chi connectivity index (χ2v) is 11.6. The van der Waals surface area contributed by atoms with Crippen molar-refractivity contribution in [2.24, 2.45) is 17.8 Å². The first kappa shape index (κ1) is 25.0. The van der Waals surface area contributed by atoms with Crippen LogP contribution in [-0.2, 0) is 10.9 Å². The number of fused-ring (bicyclic) bond motifs is 1. The molecule has 3 atom stereocenters. The van der Waals surface area contributed by atoms with Crippen molar-refractivity contribution < 1.29 is 17.9 Å². The van der Waals surface area contributed by atoms with Crippen molar-refractivity contribution in [1.29, 1.82) is 0 Å². The Bertz CT molecular complexity index is 1210. The zero-order valence-electron chi connectivity index (χ0n) is 20.6. The minimum Gasteiger partial charge on any atom is -0.382 e. The number of hydrogen-bond acceptors (Lipinski definition) is 5. The van der Waals surface area contributed by atoms with Crippen LogP contribution in [-0.4, -0.2) is 35.6 Å². The quantitative estimate of drug-likeness (QED) is 0.448. The number of nitrogens with zero attached hydrogens (tertiary/aromatic N) is 2. The summed E-state index contributed by atoms with van der Waals surface area (Å²) in [6.07, 6.45) is 3.47. The van der Waals surface area contributed by atoms with Crippen molar-refractivity contribution in [3.63, 3.8) is 0 Å². The van der Waals surface area contributed by atoms with Gasteiger partial charge in [-0.2, -0.15) is 18.3 Å². The number of benzene rings is 1. The average molecular weight is 537 g/mol. The van der Waals surface area contributed by atoms with Gasteiger partial charge in [-0.25, -0.2) is 4.68 Å². The van der Waals surface area contributed by atoms with Gasteiger partial charge in [0.25, 0.3) is 5.56 Å². The predicted octanol–water partition coefficient (Wildman–Crippen LogP) is 6.08. The third kappa shape index (κ3) is 5.35. The molecule has 2 heterocycles. The molecule has 0 bridgehead atoms. The summed E-state index contributed by atoms with van der Waals surface area (Å²) in [6.45, 7) is 2.32. The molecule has 6 nitrogen and oxygen atoms in total. The molecule has 0 unspecified atom stereocenters. The van der Waals surface area contributed by atoms with Crippen molar-refractivity contribution in [2.45, 2.75) is 69.1 Å². The molecule has 2 N–H and O–H groups in total. The summed E-state index contributed by atoms with van der Waals surface area (Å²) in [5.41, 5.74) is 1.25. The Labute approximate surface area is 218 Å². The number of anilines is 2. The normalized spacial score (nSPS) is 29.5. The fourth-order valence-electron chi connectivity index (χ4n) is 6.10. The van der Waals surface area contributed by atoms with Crippen molar-refractivity contribution in [3.8, 4) is 0 Å². The summed E-state index contributed by atoms with van der Waals surface area (Å²) in [6, 6.07) is 4.12. The molecule has 6 rings (SSSR count). The van der Waals surface area contributed by atoms with Gasteiger partial charge >= 0.3 is 6.18 Å². The van der Waals surface area contributed by atoms with Crippen molar-refractivity contribution in [1.82, 2.24) is 9.78 Å². The zero-order valence-corrected chi connectivity index (χ0v) is 21.3. The first-order chi connectivity index (χ1) is 17.8. The van der Waals surface area contributed by atoms with Crippen LogP contribution in [0.2, 0.25) is 5.02 Å². The highest BCUT2D eigenvalue weighted by Crippen LogP contribution is 2.48. The van der Waals surface area contributed by atoms with Gasteiger partial charge in [0.1, 0.15) is 5.02 Å². The first-order valence-corrected chi connectivity index (χ1v) is 13.7. The van der Waals surface area contributed by atoms with Gasteiger partial charge in [-0.3, -0.25) is 4.79 Å². The van der Waals surface area contributed by atoms with E-state index in [-0.39, 0.29) is 28.6 Å². The monoisotopic (exact) mass is 536 g/mol. The zero-order chi connectivity index (χ0) is 25.7. The lowest BCUT2D eigenvalue weighted by Crippen LogP contribution is -2.34. The fraction of sp³-hybridized carbons (Fsp3) is 0.630. The van der Waals surface area contributed by atoms with Gasteiger partial charge in [0, 0.05) is 30.8 Å². The first-order valence-electron chi connectivity index (χ1n) is 13.3. The van der Waals surface area contributed by atoms with Gasteiger partial charge in [-0.15, -0.1) is 0 Å². The van der Waals surface area contributed by atoms with Crippen LogP contribution in [0.4, 0.5) is 24.5 Å². The van der Waals surface area contributed by atoms with Crippen LogP contribution in [0.15, 0.2) is 29.2 Å². The highest BCUT2D eigenvalue weighted by Gasteiger charge is 2.45. The fourth-order valence-corrected chi connectivity index (χ4v) is 6.30. The number of hydrogen-bond donors (Lipinski definition) is 2. The third-order valence-electron chi connectivity index (χ3n) is 8.54. The van der Waals surface area contributed by atoms with Crippen LogP contribution in [0.3, 0.4) is 0 Å². The van der Waals surface area contributed by atoms with E-state index in [2.05, 4.69) is 15.7 Å². The van der Waals surface area contributed by atoms with E-state index in [1.54, 1.807) is 12.3 Å². The van der Waals surface area contributed by atoms with Gasteiger partial charge in [-0.1, -0.05) is 11.6 Å². The SMILES string of the molecule is O=c1c(Cl)c(NC[C@H]2COC[C@H]3C[C@@H]23)cnn1C1CCC(Nc2ccc(C(F)(F)F)cc2C2CC2)CC1. The molecule has 0 radical (unpaired) electrons. The summed E-state index contributed by atoms with van der Waals surface area (Å²) in [4.78, 5) is 13.0. The van der Waals surface area contributed by atoms with Crippen LogP contribution in [0, 0.1) is 17.8 Å². The van der Waals surface area contributed by atoms with Crippen molar-refractivity contribution in [2.75, 3.05) is 30.4 Å². The second kappa shape index (κ2) is 9.80. The lowest BCUT2D eigenvalue weighted by molar-refractivity contribution is -0.137. The maximum Gasteiger partial charge on any atom is 0.416 e. The van der Waals surface area contributed by atoms with Gasteiger partial charge in [0.15, 0.2) is 0 Å². The lowest BCUT2D eigenvalue weighted by Gasteiger charge is -2.31. The van der Waals surface area contributed by atoms with Crippen LogP contribution < -0.4 is 16.2 Å². The Kier molecular flexibility index (Phi) is 6.63. The molecule has 1 aromatic carbocycles. The average Bonchev–Trinajstić information content (AvgIpc) is 3.79. The van der Waals surface area contributed by atoms with E-state index in [9.17, 15) is 18.0 Å². The molecule has 3 saturated carbocycles. The molecule has 0 spiro atoms. The molecule has 200 valence electrons. The van der Waals surface area contributed by atoms with E-state index in [1.807, 2.05) is 0 Å². The maximum atomic E-state index is 13.2. The number of aromatic nitrogens is 2. The molecule has 1 aliphatic heterocycles. The molecular formula is C27H32ClF3N4O2. The van der Waals surface area contributed by atoms with Crippen LogP contribution in [0.25, 0.3) is 0 Å². The molecule has 10 heteroatoms. The van der Waals surface area contributed by atoms with Crippen molar-refractivity contribution in [3.05, 3.63) is 50.9 Å². The molecule has 3 aliphatic carbocycles. The minimum absolute atomic E-state index is 0.0495. The largest absolute Gasteiger partial charge is 0.416 e. The van der Waals surface area contributed by atoms with E-state index in [4.69, 9.17) is 16.3 Å². The Balaban J connectivity index is 1.07. The summed E-state index contributed by atoms with van der Waals surface area (Å²) < 4.78 is 46.8. The van der Waals surface area contributed by atoms with Gasteiger partial charge in [0.05, 0.1) is 30.1 Å². The Morgan fingerprint density at radius 1 is 1.08 bits per heavy atom. The van der Waals surface area contributed by atoms with Crippen molar-refractivity contribution >= 4 is 23.0 Å². The number of nitrogens with one attached hydrogen (secondary N) is 2. The summed E-state index contributed by atoms with van der Waals surface area (Å²) in [5.74, 6) is 2.03. The predicted molar refractivity (Wildman–Crippen MR) is 136 cm³/mol. The maximum absolute atomic E-state index is 13.2. The van der Waals surface area contributed by atoms with Crippen LogP contribution in [0.5, 0.6) is 0 Å². The molecule has 2 aromatic rings. The number of rotatable bonds is 7. The van der Waals surface area contributed by atoms with Gasteiger partial charge in [-0.05, 0) is 86.5 Å². The number of ether oxygens (including phenoxy) is 1. The van der Waals surface area contributed by atoms with E-state index >= 15 is 0 Å². The molecule has 4 fully saturated rings. The second-order valence-electron chi connectivity index (χ2n) is 11.2. The highest BCUT2D eigenvalue weighted by atomic mass is 35.5. The van der Waals surface area contributed by atoms with Gasteiger partial charge < -0.3 is 15.4 Å². The number of alkyl halides is 3. The third-order valence-corrected chi connectivity index (χ3v) is 8.91. The summed E-state index contributed by atoms with van der Waals surface area (Å²) in [7, 11) is 0. The summed E-state index contributed by atoms with van der Waals surface area (Å²) >= 11 is 6.46. The number of halogens is 4. The molecule has 4 aliphatic rings. The lowest BCUT2D eigenvalue weighted by atomic mass is 9.90. The Morgan fingerprint density at radius 2 is 1.86 bits per heavy atom. The van der Waals surface area contributed by atoms with E-state index in [1.165, 1.54) is 17.2 Å². The Hall–Kier alpha value is -2.26. The Morgan fingerprint density at radius 3 is 2.59 bits per heavy atom.